The first kappa shape index (κ1) is 21.4. The highest BCUT2D eigenvalue weighted by atomic mass is 32.2. The number of sulfonamides is 2. The van der Waals surface area contributed by atoms with Crippen LogP contribution in [0.15, 0.2) is 58.3 Å². The Kier molecular flexibility index (Phi) is 6.99. The second kappa shape index (κ2) is 8.83. The monoisotopic (exact) mass is 412 g/mol. The van der Waals surface area contributed by atoms with Crippen LogP contribution in [0.1, 0.15) is 19.4 Å². The van der Waals surface area contributed by atoms with Gasteiger partial charge in [0.25, 0.3) is 0 Å². The lowest BCUT2D eigenvalue weighted by atomic mass is 10.2. The summed E-state index contributed by atoms with van der Waals surface area (Å²) in [7, 11) is -5.90. The zero-order valence-electron chi connectivity index (χ0n) is 15.5. The van der Waals surface area contributed by atoms with E-state index >= 15 is 0 Å². The van der Waals surface area contributed by atoms with Crippen LogP contribution >= 0.6 is 0 Å². The second-order valence-corrected chi connectivity index (χ2v) is 9.40. The molecule has 0 aromatic heterocycles. The standard InChI is InChI=1S/C18H24N2O5S2/c1-4-20(5-2)27(23,24)17-12-10-16(11-13-17)26(21,22)19-14-15-8-6-7-9-18(15)25-3/h6-13,19H,4-5,14H2,1-3H3. The van der Waals surface area contributed by atoms with Crippen molar-refractivity contribution in [1.29, 1.82) is 0 Å². The SMILES string of the molecule is CCN(CC)S(=O)(=O)c1ccc(S(=O)(=O)NCc2ccccc2OC)cc1. The summed E-state index contributed by atoms with van der Waals surface area (Å²) in [4.78, 5) is 0.0609. The first-order valence-corrected chi connectivity index (χ1v) is 11.4. The molecular weight excluding hydrogens is 388 g/mol. The molecule has 0 spiro atoms. The number of nitrogens with zero attached hydrogens (tertiary/aromatic N) is 1. The minimum Gasteiger partial charge on any atom is -0.496 e. The number of nitrogens with one attached hydrogen (secondary N) is 1. The Balaban J connectivity index is 2.20. The van der Waals surface area contributed by atoms with Gasteiger partial charge in [-0.15, -0.1) is 0 Å². The number of hydrogen-bond acceptors (Lipinski definition) is 5. The Labute approximate surface area is 161 Å². The summed E-state index contributed by atoms with van der Waals surface area (Å²) >= 11 is 0. The summed E-state index contributed by atoms with van der Waals surface area (Å²) in [5.41, 5.74) is 0.698. The van der Waals surface area contributed by atoms with Crippen molar-refractivity contribution in [1.82, 2.24) is 9.03 Å². The van der Waals surface area contributed by atoms with Crippen LogP contribution in [0.25, 0.3) is 0 Å². The topological polar surface area (TPSA) is 92.8 Å². The largest absolute Gasteiger partial charge is 0.496 e. The number of hydrogen-bond donors (Lipinski definition) is 1. The molecule has 7 nitrogen and oxygen atoms in total. The molecule has 27 heavy (non-hydrogen) atoms. The van der Waals surface area contributed by atoms with Gasteiger partial charge in [-0.25, -0.2) is 21.6 Å². The lowest BCUT2D eigenvalue weighted by Gasteiger charge is -2.18. The predicted octanol–water partition coefficient (Wildman–Crippen LogP) is 2.20. The molecule has 0 amide bonds. The summed E-state index contributed by atoms with van der Waals surface area (Å²) < 4.78 is 59.0. The summed E-state index contributed by atoms with van der Waals surface area (Å²) in [6.45, 7) is 4.26. The molecule has 0 aliphatic carbocycles. The van der Waals surface area contributed by atoms with Gasteiger partial charge < -0.3 is 4.74 Å². The minimum absolute atomic E-state index is 0.00380. The van der Waals surface area contributed by atoms with Crippen molar-refractivity contribution in [3.05, 3.63) is 54.1 Å². The van der Waals surface area contributed by atoms with Gasteiger partial charge in [-0.3, -0.25) is 0 Å². The summed E-state index contributed by atoms with van der Waals surface area (Å²) in [5, 5.41) is 0. The van der Waals surface area contributed by atoms with Crippen molar-refractivity contribution in [3.63, 3.8) is 0 Å². The predicted molar refractivity (Wildman–Crippen MR) is 104 cm³/mol. The zero-order valence-corrected chi connectivity index (χ0v) is 17.2. The number of rotatable bonds is 9. The smallest absolute Gasteiger partial charge is 0.243 e. The highest BCUT2D eigenvalue weighted by molar-refractivity contribution is 7.89. The molecule has 0 radical (unpaired) electrons. The Bertz CT molecular complexity index is 967. The van der Waals surface area contributed by atoms with Crippen LogP contribution in [0, 0.1) is 0 Å². The molecule has 0 saturated heterocycles. The van der Waals surface area contributed by atoms with E-state index in [4.69, 9.17) is 4.74 Å². The number of benzene rings is 2. The molecule has 0 bridgehead atoms. The normalized spacial score (nSPS) is 12.3. The molecule has 0 fully saturated rings. The van der Waals surface area contributed by atoms with E-state index in [2.05, 4.69) is 4.72 Å². The molecule has 0 aliphatic heterocycles. The minimum atomic E-state index is -3.79. The molecule has 0 heterocycles. The molecule has 0 unspecified atom stereocenters. The van der Waals surface area contributed by atoms with Crippen molar-refractivity contribution >= 4 is 20.0 Å². The van der Waals surface area contributed by atoms with Gasteiger partial charge in [-0.05, 0) is 30.3 Å². The fraction of sp³-hybridized carbons (Fsp3) is 0.333. The zero-order chi connectivity index (χ0) is 20.1. The number of methoxy groups -OCH3 is 1. The third-order valence-electron chi connectivity index (χ3n) is 4.12. The Morgan fingerprint density at radius 3 is 2.00 bits per heavy atom. The van der Waals surface area contributed by atoms with Crippen LogP contribution in [0.3, 0.4) is 0 Å². The van der Waals surface area contributed by atoms with Crippen molar-refractivity contribution < 1.29 is 21.6 Å². The molecule has 2 aromatic carbocycles. The quantitative estimate of drug-likeness (QED) is 0.682. The molecule has 1 N–H and O–H groups in total. The molecule has 0 saturated carbocycles. The average molecular weight is 413 g/mol. The van der Waals surface area contributed by atoms with Gasteiger partial charge in [0.15, 0.2) is 0 Å². The van der Waals surface area contributed by atoms with Gasteiger partial charge in [0.1, 0.15) is 5.75 Å². The fourth-order valence-electron chi connectivity index (χ4n) is 2.61. The molecule has 2 aromatic rings. The van der Waals surface area contributed by atoms with Gasteiger partial charge in [-0.1, -0.05) is 32.0 Å². The van der Waals surface area contributed by atoms with E-state index in [0.29, 0.717) is 24.4 Å². The van der Waals surface area contributed by atoms with Crippen molar-refractivity contribution in [2.75, 3.05) is 20.2 Å². The molecule has 9 heteroatoms. The van der Waals surface area contributed by atoms with E-state index in [1.54, 1.807) is 38.1 Å². The van der Waals surface area contributed by atoms with E-state index in [1.807, 2.05) is 0 Å². The van der Waals surface area contributed by atoms with E-state index in [1.165, 1.54) is 35.7 Å². The van der Waals surface area contributed by atoms with Crippen molar-refractivity contribution in [2.24, 2.45) is 0 Å². The first-order valence-electron chi connectivity index (χ1n) is 8.48. The van der Waals surface area contributed by atoms with Gasteiger partial charge >= 0.3 is 0 Å². The van der Waals surface area contributed by atoms with Crippen LogP contribution in [0.5, 0.6) is 5.75 Å². The van der Waals surface area contributed by atoms with E-state index < -0.39 is 20.0 Å². The van der Waals surface area contributed by atoms with E-state index in [9.17, 15) is 16.8 Å². The summed E-state index contributed by atoms with van der Waals surface area (Å²) in [6, 6.07) is 12.3. The van der Waals surface area contributed by atoms with Crippen LogP contribution in [-0.4, -0.2) is 41.3 Å². The van der Waals surface area contributed by atoms with Gasteiger partial charge in [0, 0.05) is 25.2 Å². The fourth-order valence-corrected chi connectivity index (χ4v) is 5.07. The number of ether oxygens (including phenoxy) is 1. The van der Waals surface area contributed by atoms with Gasteiger partial charge in [0.2, 0.25) is 20.0 Å². The van der Waals surface area contributed by atoms with Gasteiger partial charge in [0.05, 0.1) is 16.9 Å². The Morgan fingerprint density at radius 1 is 0.889 bits per heavy atom. The average Bonchev–Trinajstić information content (AvgIpc) is 2.67. The molecule has 0 atom stereocenters. The maximum absolute atomic E-state index is 12.5. The van der Waals surface area contributed by atoms with Crippen molar-refractivity contribution in [2.45, 2.75) is 30.2 Å². The van der Waals surface area contributed by atoms with Crippen LogP contribution in [-0.2, 0) is 26.6 Å². The lowest BCUT2D eigenvalue weighted by molar-refractivity contribution is 0.409. The van der Waals surface area contributed by atoms with E-state index in [0.717, 1.165) is 0 Å². The van der Waals surface area contributed by atoms with Gasteiger partial charge in [-0.2, -0.15) is 4.31 Å². The maximum Gasteiger partial charge on any atom is 0.243 e. The summed E-state index contributed by atoms with van der Waals surface area (Å²) in [6.07, 6.45) is 0. The van der Waals surface area contributed by atoms with Crippen molar-refractivity contribution in [3.8, 4) is 5.75 Å². The lowest BCUT2D eigenvalue weighted by Crippen LogP contribution is -2.30. The third-order valence-corrected chi connectivity index (χ3v) is 7.60. The van der Waals surface area contributed by atoms with Crippen LogP contribution in [0.2, 0.25) is 0 Å². The van der Waals surface area contributed by atoms with E-state index in [-0.39, 0.29) is 16.3 Å². The third kappa shape index (κ3) is 4.86. The first-order chi connectivity index (χ1) is 12.8. The molecular formula is C18H24N2O5S2. The Morgan fingerprint density at radius 2 is 1.44 bits per heavy atom. The van der Waals surface area contributed by atoms with Crippen LogP contribution < -0.4 is 9.46 Å². The summed E-state index contributed by atoms with van der Waals surface area (Å²) in [5.74, 6) is 0.584. The second-order valence-electron chi connectivity index (χ2n) is 5.70. The maximum atomic E-state index is 12.5. The highest BCUT2D eigenvalue weighted by Gasteiger charge is 2.22. The van der Waals surface area contributed by atoms with Crippen LogP contribution in [0.4, 0.5) is 0 Å². The molecule has 0 aliphatic rings. The highest BCUT2D eigenvalue weighted by Crippen LogP contribution is 2.20. The molecule has 148 valence electrons. The molecule has 2 rings (SSSR count). The Hall–Kier alpha value is -1.94. The number of para-hydroxylation sites is 1.